The van der Waals surface area contributed by atoms with Crippen LogP contribution >= 0.6 is 0 Å². The van der Waals surface area contributed by atoms with Crippen LogP contribution in [0, 0.1) is 0 Å². The van der Waals surface area contributed by atoms with Crippen LogP contribution in [0.4, 0.5) is 0 Å². The van der Waals surface area contributed by atoms with Gasteiger partial charge >= 0.3 is 0 Å². The van der Waals surface area contributed by atoms with Crippen LogP contribution in [0.2, 0.25) is 0 Å². The number of hydrogen-bond donors (Lipinski definition) is 1. The van der Waals surface area contributed by atoms with E-state index in [4.69, 9.17) is 5.26 Å². The number of benzene rings is 1. The second kappa shape index (κ2) is 4.11. The molecule has 1 atom stereocenters. The maximum atomic E-state index is 8.30. The molecule has 0 amide bonds. The van der Waals surface area contributed by atoms with Crippen LogP contribution in [0.25, 0.3) is 0 Å². The molecule has 1 unspecified atom stereocenters. The lowest BCUT2D eigenvalue weighted by Gasteiger charge is -2.05. The molecule has 60 valence electrons. The van der Waals surface area contributed by atoms with E-state index in [1.165, 1.54) is 5.56 Å². The zero-order valence-corrected chi connectivity index (χ0v) is 6.53. The third-order valence-corrected chi connectivity index (χ3v) is 1.55. The van der Waals surface area contributed by atoms with Crippen molar-refractivity contribution in [3.8, 4) is 0 Å². The van der Waals surface area contributed by atoms with Crippen molar-refractivity contribution in [3.05, 3.63) is 35.9 Å². The minimum Gasteiger partial charge on any atom is -0.252 e. The summed E-state index contributed by atoms with van der Waals surface area (Å²) in [6.07, 6.45) is 0.620. The van der Waals surface area contributed by atoms with Gasteiger partial charge in [-0.1, -0.05) is 30.3 Å². The Morgan fingerprint density at radius 1 is 1.36 bits per heavy atom. The average Bonchev–Trinajstić information content (AvgIpc) is 2.06. The number of hydrogen-bond acceptors (Lipinski definition) is 2. The van der Waals surface area contributed by atoms with Crippen LogP contribution in [0.15, 0.2) is 30.3 Å². The van der Waals surface area contributed by atoms with E-state index >= 15 is 0 Å². The van der Waals surface area contributed by atoms with E-state index < -0.39 is 0 Å². The summed E-state index contributed by atoms with van der Waals surface area (Å²) in [6, 6.07) is 9.93. The Morgan fingerprint density at radius 2 is 2.00 bits per heavy atom. The van der Waals surface area contributed by atoms with E-state index in [2.05, 4.69) is 4.89 Å². The van der Waals surface area contributed by atoms with Crippen LogP contribution < -0.4 is 0 Å². The molecule has 0 saturated heterocycles. The average molecular weight is 152 g/mol. The van der Waals surface area contributed by atoms with E-state index in [0.29, 0.717) is 0 Å². The van der Waals surface area contributed by atoms with Crippen molar-refractivity contribution in [1.82, 2.24) is 0 Å². The molecule has 1 rings (SSSR count). The first kappa shape index (κ1) is 8.24. The van der Waals surface area contributed by atoms with Gasteiger partial charge in [-0.2, -0.15) is 0 Å². The molecule has 2 nitrogen and oxygen atoms in total. The molecule has 0 bridgehead atoms. The molecule has 0 heterocycles. The van der Waals surface area contributed by atoms with Gasteiger partial charge in [0, 0.05) is 6.42 Å². The number of rotatable bonds is 3. The summed E-state index contributed by atoms with van der Waals surface area (Å²) in [5.74, 6) is 0. The first-order valence-electron chi connectivity index (χ1n) is 3.67. The maximum absolute atomic E-state index is 8.30. The van der Waals surface area contributed by atoms with E-state index in [9.17, 15) is 0 Å². The summed E-state index contributed by atoms with van der Waals surface area (Å²) in [7, 11) is 0. The first-order valence-corrected chi connectivity index (χ1v) is 3.67. The summed E-state index contributed by atoms with van der Waals surface area (Å²) in [4.78, 5) is 4.15. The van der Waals surface area contributed by atoms with Gasteiger partial charge in [-0.25, -0.2) is 4.89 Å². The van der Waals surface area contributed by atoms with Crippen molar-refractivity contribution in [1.29, 1.82) is 0 Å². The Hall–Kier alpha value is -0.860. The van der Waals surface area contributed by atoms with Gasteiger partial charge < -0.3 is 0 Å². The van der Waals surface area contributed by atoms with Gasteiger partial charge in [0.25, 0.3) is 0 Å². The Morgan fingerprint density at radius 3 is 2.55 bits per heavy atom. The second-order valence-electron chi connectivity index (χ2n) is 2.61. The van der Waals surface area contributed by atoms with E-state index in [1.54, 1.807) is 0 Å². The summed E-state index contributed by atoms with van der Waals surface area (Å²) in [5, 5.41) is 8.30. The fourth-order valence-electron chi connectivity index (χ4n) is 0.983. The molecular weight excluding hydrogens is 140 g/mol. The highest BCUT2D eigenvalue weighted by molar-refractivity contribution is 5.15. The molecule has 1 N–H and O–H groups in total. The zero-order valence-electron chi connectivity index (χ0n) is 6.53. The van der Waals surface area contributed by atoms with Crippen LogP contribution in [0.1, 0.15) is 12.5 Å². The minimum absolute atomic E-state index is 0.127. The van der Waals surface area contributed by atoms with Gasteiger partial charge in [-0.05, 0) is 12.5 Å². The fourth-order valence-corrected chi connectivity index (χ4v) is 0.983. The van der Waals surface area contributed by atoms with Gasteiger partial charge in [0.05, 0.1) is 6.10 Å². The largest absolute Gasteiger partial charge is 0.252 e. The molecular formula is C9H12O2. The van der Waals surface area contributed by atoms with Crippen molar-refractivity contribution in [2.45, 2.75) is 19.4 Å². The molecule has 11 heavy (non-hydrogen) atoms. The summed E-state index contributed by atoms with van der Waals surface area (Å²) in [5.41, 5.74) is 1.18. The topological polar surface area (TPSA) is 29.5 Å². The lowest BCUT2D eigenvalue weighted by atomic mass is 10.1. The minimum atomic E-state index is -0.127. The summed E-state index contributed by atoms with van der Waals surface area (Å²) in [6.45, 7) is 1.83. The smallest absolute Gasteiger partial charge is 0.0939 e. The lowest BCUT2D eigenvalue weighted by molar-refractivity contribution is -0.273. The van der Waals surface area contributed by atoms with Gasteiger partial charge in [-0.15, -0.1) is 0 Å². The first-order chi connectivity index (χ1) is 5.33. The van der Waals surface area contributed by atoms with Crippen LogP contribution in [-0.4, -0.2) is 11.4 Å². The Balaban J connectivity index is 2.51. The third kappa shape index (κ3) is 2.70. The molecule has 0 fully saturated rings. The monoisotopic (exact) mass is 152 g/mol. The van der Waals surface area contributed by atoms with E-state index in [1.807, 2.05) is 37.3 Å². The SMILES string of the molecule is CC(Cc1ccccc1)OO. The molecule has 0 aliphatic heterocycles. The lowest BCUT2D eigenvalue weighted by Crippen LogP contribution is -2.08. The van der Waals surface area contributed by atoms with Crippen molar-refractivity contribution in [2.75, 3.05) is 0 Å². The molecule has 0 aliphatic carbocycles. The second-order valence-corrected chi connectivity index (χ2v) is 2.61. The highest BCUT2D eigenvalue weighted by Crippen LogP contribution is 2.03. The summed E-state index contributed by atoms with van der Waals surface area (Å²) < 4.78 is 0. The van der Waals surface area contributed by atoms with Gasteiger partial charge in [0.1, 0.15) is 0 Å². The van der Waals surface area contributed by atoms with Gasteiger partial charge in [0.2, 0.25) is 0 Å². The Bertz CT molecular complexity index is 196. The van der Waals surface area contributed by atoms with Crippen LogP contribution in [0.3, 0.4) is 0 Å². The normalized spacial score (nSPS) is 12.9. The van der Waals surface area contributed by atoms with Crippen molar-refractivity contribution < 1.29 is 10.1 Å². The summed E-state index contributed by atoms with van der Waals surface area (Å²) >= 11 is 0. The molecule has 0 aliphatic rings. The van der Waals surface area contributed by atoms with Crippen LogP contribution in [-0.2, 0) is 11.3 Å². The maximum Gasteiger partial charge on any atom is 0.0939 e. The van der Waals surface area contributed by atoms with E-state index in [0.717, 1.165) is 6.42 Å². The molecule has 0 radical (unpaired) electrons. The molecule has 0 aromatic heterocycles. The van der Waals surface area contributed by atoms with Crippen LogP contribution in [0.5, 0.6) is 0 Å². The molecule has 2 heteroatoms. The highest BCUT2D eigenvalue weighted by Gasteiger charge is 2.00. The molecule has 1 aromatic rings. The predicted molar refractivity (Wildman–Crippen MR) is 43.3 cm³/mol. The Labute approximate surface area is 66.4 Å². The van der Waals surface area contributed by atoms with Crippen molar-refractivity contribution in [2.24, 2.45) is 0 Å². The molecule has 1 aromatic carbocycles. The predicted octanol–water partition coefficient (Wildman–Crippen LogP) is 2.11. The molecule has 0 spiro atoms. The Kier molecular flexibility index (Phi) is 3.08. The van der Waals surface area contributed by atoms with Crippen molar-refractivity contribution >= 4 is 0 Å². The molecule has 0 saturated carbocycles. The zero-order chi connectivity index (χ0) is 8.10. The van der Waals surface area contributed by atoms with Gasteiger partial charge in [0.15, 0.2) is 0 Å². The fraction of sp³-hybridized carbons (Fsp3) is 0.333. The van der Waals surface area contributed by atoms with E-state index in [-0.39, 0.29) is 6.10 Å². The highest BCUT2D eigenvalue weighted by atomic mass is 17.1. The van der Waals surface area contributed by atoms with Gasteiger partial charge in [-0.3, -0.25) is 5.26 Å². The van der Waals surface area contributed by atoms with Crippen molar-refractivity contribution in [3.63, 3.8) is 0 Å². The standard InChI is InChI=1S/C9H12O2/c1-8(11-10)7-9-5-3-2-4-6-9/h2-6,8,10H,7H2,1H3. The quantitative estimate of drug-likeness (QED) is 0.531. The third-order valence-electron chi connectivity index (χ3n) is 1.55.